The van der Waals surface area contributed by atoms with Gasteiger partial charge in [0, 0.05) is 52.9 Å². The first-order valence-electron chi connectivity index (χ1n) is 6.40. The predicted molar refractivity (Wildman–Crippen MR) is 67.3 cm³/mol. The molecule has 18 heavy (non-hydrogen) atoms. The van der Waals surface area contributed by atoms with Crippen LogP contribution in [0.3, 0.4) is 0 Å². The van der Waals surface area contributed by atoms with Gasteiger partial charge in [0.2, 0.25) is 5.91 Å². The van der Waals surface area contributed by atoms with Crippen LogP contribution in [0.2, 0.25) is 0 Å². The number of hydrogen-bond donors (Lipinski definition) is 2. The minimum absolute atomic E-state index is 0.0597. The molecule has 1 fully saturated rings. The predicted octanol–water partition coefficient (Wildman–Crippen LogP) is -0.336. The third-order valence-corrected chi connectivity index (χ3v) is 3.13. The van der Waals surface area contributed by atoms with Crippen molar-refractivity contribution in [2.24, 2.45) is 5.73 Å². The van der Waals surface area contributed by atoms with Gasteiger partial charge in [-0.05, 0) is 6.42 Å². The van der Waals surface area contributed by atoms with Gasteiger partial charge in [-0.25, -0.2) is 0 Å². The SMILES string of the molecule is COCCCNC(=O)COC1(CN)CCOCC1. The van der Waals surface area contributed by atoms with Crippen LogP contribution < -0.4 is 11.1 Å². The van der Waals surface area contributed by atoms with Crippen molar-refractivity contribution in [3.8, 4) is 0 Å². The fourth-order valence-corrected chi connectivity index (χ4v) is 1.86. The Labute approximate surface area is 108 Å². The van der Waals surface area contributed by atoms with Crippen molar-refractivity contribution in [2.75, 3.05) is 46.6 Å². The maximum Gasteiger partial charge on any atom is 0.246 e. The van der Waals surface area contributed by atoms with E-state index in [-0.39, 0.29) is 18.1 Å². The van der Waals surface area contributed by atoms with E-state index in [0.717, 1.165) is 19.3 Å². The van der Waals surface area contributed by atoms with E-state index < -0.39 is 0 Å². The van der Waals surface area contributed by atoms with E-state index >= 15 is 0 Å². The maximum absolute atomic E-state index is 11.6. The van der Waals surface area contributed by atoms with E-state index in [1.807, 2.05) is 0 Å². The highest BCUT2D eigenvalue weighted by atomic mass is 16.5. The van der Waals surface area contributed by atoms with Gasteiger partial charge in [-0.1, -0.05) is 0 Å². The molecule has 1 aliphatic rings. The Morgan fingerprint density at radius 3 is 2.78 bits per heavy atom. The lowest BCUT2D eigenvalue weighted by molar-refractivity contribution is -0.141. The summed E-state index contributed by atoms with van der Waals surface area (Å²) in [6, 6.07) is 0. The first kappa shape index (κ1) is 15.4. The van der Waals surface area contributed by atoms with Gasteiger partial charge in [-0.3, -0.25) is 4.79 Å². The second-order valence-corrected chi connectivity index (χ2v) is 4.48. The number of hydrogen-bond acceptors (Lipinski definition) is 5. The van der Waals surface area contributed by atoms with E-state index in [9.17, 15) is 4.79 Å². The van der Waals surface area contributed by atoms with Crippen molar-refractivity contribution in [1.29, 1.82) is 0 Å². The van der Waals surface area contributed by atoms with Gasteiger partial charge in [-0.2, -0.15) is 0 Å². The zero-order valence-corrected chi connectivity index (χ0v) is 11.1. The van der Waals surface area contributed by atoms with Crippen LogP contribution >= 0.6 is 0 Å². The summed E-state index contributed by atoms with van der Waals surface area (Å²) in [5.74, 6) is -0.106. The van der Waals surface area contributed by atoms with Crippen LogP contribution in [0.1, 0.15) is 19.3 Å². The van der Waals surface area contributed by atoms with Crippen molar-refractivity contribution in [3.63, 3.8) is 0 Å². The monoisotopic (exact) mass is 260 g/mol. The molecule has 1 saturated heterocycles. The molecule has 0 radical (unpaired) electrons. The summed E-state index contributed by atoms with van der Waals surface area (Å²) in [5, 5.41) is 2.78. The van der Waals surface area contributed by atoms with Crippen LogP contribution in [0.15, 0.2) is 0 Å². The number of ether oxygens (including phenoxy) is 3. The van der Waals surface area contributed by atoms with Crippen LogP contribution in [-0.4, -0.2) is 58.1 Å². The van der Waals surface area contributed by atoms with Gasteiger partial charge in [0.25, 0.3) is 0 Å². The molecule has 0 atom stereocenters. The maximum atomic E-state index is 11.6. The van der Waals surface area contributed by atoms with Gasteiger partial charge in [0.05, 0.1) is 5.60 Å². The number of nitrogens with two attached hydrogens (primary N) is 1. The number of carbonyl (C=O) groups is 1. The molecule has 1 aliphatic heterocycles. The Kier molecular flexibility index (Phi) is 7.19. The van der Waals surface area contributed by atoms with Gasteiger partial charge in [-0.15, -0.1) is 0 Å². The zero-order valence-electron chi connectivity index (χ0n) is 11.1. The van der Waals surface area contributed by atoms with Crippen molar-refractivity contribution < 1.29 is 19.0 Å². The Balaban J connectivity index is 2.19. The summed E-state index contributed by atoms with van der Waals surface area (Å²) in [6.45, 7) is 3.02. The van der Waals surface area contributed by atoms with Gasteiger partial charge in [0.1, 0.15) is 6.61 Å². The standard InChI is InChI=1S/C12H24N2O4/c1-16-6-2-5-14-11(15)9-18-12(10-13)3-7-17-8-4-12/h2-10,13H2,1H3,(H,14,15). The third kappa shape index (κ3) is 5.30. The van der Waals surface area contributed by atoms with Crippen molar-refractivity contribution in [1.82, 2.24) is 5.32 Å². The molecule has 0 aromatic rings. The molecule has 6 heteroatoms. The molecule has 6 nitrogen and oxygen atoms in total. The molecule has 1 heterocycles. The van der Waals surface area contributed by atoms with Crippen LogP contribution in [0.4, 0.5) is 0 Å². The number of amides is 1. The molecule has 0 bridgehead atoms. The van der Waals surface area contributed by atoms with Gasteiger partial charge >= 0.3 is 0 Å². The van der Waals surface area contributed by atoms with Crippen molar-refractivity contribution in [3.05, 3.63) is 0 Å². The molecular weight excluding hydrogens is 236 g/mol. The Morgan fingerprint density at radius 2 is 2.17 bits per heavy atom. The lowest BCUT2D eigenvalue weighted by Gasteiger charge is -2.35. The van der Waals surface area contributed by atoms with Crippen LogP contribution in [0.5, 0.6) is 0 Å². The molecule has 0 saturated carbocycles. The average molecular weight is 260 g/mol. The summed E-state index contributed by atoms with van der Waals surface area (Å²) >= 11 is 0. The number of carbonyl (C=O) groups excluding carboxylic acids is 1. The molecule has 0 spiro atoms. The fraction of sp³-hybridized carbons (Fsp3) is 0.917. The number of methoxy groups -OCH3 is 1. The summed E-state index contributed by atoms with van der Waals surface area (Å²) in [7, 11) is 1.64. The molecule has 106 valence electrons. The highest BCUT2D eigenvalue weighted by Crippen LogP contribution is 2.23. The summed E-state index contributed by atoms with van der Waals surface area (Å²) < 4.78 is 15.9. The molecule has 1 rings (SSSR count). The minimum atomic E-state index is -0.387. The van der Waals surface area contributed by atoms with E-state index in [4.69, 9.17) is 19.9 Å². The third-order valence-electron chi connectivity index (χ3n) is 3.13. The van der Waals surface area contributed by atoms with E-state index in [0.29, 0.717) is 32.9 Å². The highest BCUT2D eigenvalue weighted by molar-refractivity contribution is 5.77. The van der Waals surface area contributed by atoms with E-state index in [1.165, 1.54) is 0 Å². The smallest absolute Gasteiger partial charge is 0.246 e. The topological polar surface area (TPSA) is 82.8 Å². The molecule has 3 N–H and O–H groups in total. The lowest BCUT2D eigenvalue weighted by Crippen LogP contribution is -2.47. The minimum Gasteiger partial charge on any atom is -0.385 e. The largest absolute Gasteiger partial charge is 0.385 e. The van der Waals surface area contributed by atoms with Crippen molar-refractivity contribution >= 4 is 5.91 Å². The second kappa shape index (κ2) is 8.42. The molecule has 1 amide bonds. The fourth-order valence-electron chi connectivity index (χ4n) is 1.86. The van der Waals surface area contributed by atoms with Crippen LogP contribution in [0, 0.1) is 0 Å². The highest BCUT2D eigenvalue weighted by Gasteiger charge is 2.32. The molecule has 0 aromatic heterocycles. The van der Waals surface area contributed by atoms with Crippen molar-refractivity contribution in [2.45, 2.75) is 24.9 Å². The molecule has 0 unspecified atom stereocenters. The first-order valence-corrected chi connectivity index (χ1v) is 6.40. The molecule has 0 aromatic carbocycles. The Morgan fingerprint density at radius 1 is 1.44 bits per heavy atom. The Bertz CT molecular complexity index is 242. The summed E-state index contributed by atoms with van der Waals surface area (Å²) in [4.78, 5) is 11.6. The summed E-state index contributed by atoms with van der Waals surface area (Å²) in [6.07, 6.45) is 2.30. The number of nitrogens with one attached hydrogen (secondary N) is 1. The normalized spacial score (nSPS) is 18.6. The van der Waals surface area contributed by atoms with Crippen LogP contribution in [0.25, 0.3) is 0 Å². The number of rotatable bonds is 8. The zero-order chi connectivity index (χ0) is 13.3. The lowest BCUT2D eigenvalue weighted by atomic mass is 9.94. The van der Waals surface area contributed by atoms with Gasteiger partial charge < -0.3 is 25.3 Å². The van der Waals surface area contributed by atoms with E-state index in [2.05, 4.69) is 5.32 Å². The van der Waals surface area contributed by atoms with E-state index in [1.54, 1.807) is 7.11 Å². The van der Waals surface area contributed by atoms with Gasteiger partial charge in [0.15, 0.2) is 0 Å². The second-order valence-electron chi connectivity index (χ2n) is 4.48. The first-order chi connectivity index (χ1) is 8.72. The Hall–Kier alpha value is -0.690. The summed E-state index contributed by atoms with van der Waals surface area (Å²) in [5.41, 5.74) is 5.35. The molecular formula is C12H24N2O4. The average Bonchev–Trinajstić information content (AvgIpc) is 2.42. The quantitative estimate of drug-likeness (QED) is 0.584. The molecule has 0 aliphatic carbocycles. The van der Waals surface area contributed by atoms with Crippen LogP contribution in [-0.2, 0) is 19.0 Å².